The highest BCUT2D eigenvalue weighted by atomic mass is 16.5. The van der Waals surface area contributed by atoms with E-state index in [1.807, 2.05) is 0 Å². The fourth-order valence-electron chi connectivity index (χ4n) is 4.28. The lowest BCUT2D eigenvalue weighted by atomic mass is 9.97. The molecule has 2 N–H and O–H groups in total. The lowest BCUT2D eigenvalue weighted by molar-refractivity contribution is -0.147. The first-order chi connectivity index (χ1) is 13.3. The van der Waals surface area contributed by atoms with Gasteiger partial charge in [-0.15, -0.1) is 0 Å². The van der Waals surface area contributed by atoms with Crippen LogP contribution < -0.4 is 10.2 Å². The number of carbonyl (C=O) groups excluding carboxylic acids is 3. The largest absolute Gasteiger partial charge is 0.479 e. The van der Waals surface area contributed by atoms with Crippen LogP contribution in [0.1, 0.15) is 36.5 Å². The summed E-state index contributed by atoms with van der Waals surface area (Å²) in [5.74, 6) is -2.23. The van der Waals surface area contributed by atoms with Gasteiger partial charge in [0.1, 0.15) is 12.2 Å². The van der Waals surface area contributed by atoms with Gasteiger partial charge in [-0.1, -0.05) is 12.1 Å². The number of carboxylic acid groups (broad SMARTS) is 1. The molecule has 9 heteroatoms. The highest BCUT2D eigenvalue weighted by Crippen LogP contribution is 2.43. The molecule has 0 spiro atoms. The number of aliphatic carboxylic acids is 1. The zero-order valence-corrected chi connectivity index (χ0v) is 15.4. The summed E-state index contributed by atoms with van der Waals surface area (Å²) in [5, 5.41) is 12.0. The molecule has 2 unspecified atom stereocenters. The van der Waals surface area contributed by atoms with E-state index >= 15 is 0 Å². The van der Waals surface area contributed by atoms with Gasteiger partial charge in [0.15, 0.2) is 5.54 Å². The number of amides is 3. The molecular weight excluding hydrogens is 366 g/mol. The van der Waals surface area contributed by atoms with E-state index in [2.05, 4.69) is 5.32 Å². The highest BCUT2D eigenvalue weighted by Gasteiger charge is 2.54. The Bertz CT molecular complexity index is 878. The van der Waals surface area contributed by atoms with Crippen LogP contribution >= 0.6 is 0 Å². The fourth-order valence-corrected chi connectivity index (χ4v) is 4.28. The summed E-state index contributed by atoms with van der Waals surface area (Å²) in [4.78, 5) is 52.9. The van der Waals surface area contributed by atoms with Crippen LogP contribution in [0.5, 0.6) is 0 Å². The maximum atomic E-state index is 13.1. The maximum absolute atomic E-state index is 13.1. The van der Waals surface area contributed by atoms with Crippen molar-refractivity contribution in [2.75, 3.05) is 24.7 Å². The van der Waals surface area contributed by atoms with E-state index in [1.165, 1.54) is 4.90 Å². The molecule has 148 valence electrons. The first kappa shape index (κ1) is 18.4. The van der Waals surface area contributed by atoms with Gasteiger partial charge in [-0.2, -0.15) is 0 Å². The van der Waals surface area contributed by atoms with Crippen molar-refractivity contribution in [1.29, 1.82) is 0 Å². The number of nitrogens with one attached hydrogen (secondary N) is 1. The number of ether oxygens (including phenoxy) is 1. The van der Waals surface area contributed by atoms with Crippen molar-refractivity contribution in [2.45, 2.75) is 37.4 Å². The lowest BCUT2D eigenvalue weighted by Crippen LogP contribution is -2.65. The van der Waals surface area contributed by atoms with Gasteiger partial charge in [0.25, 0.3) is 5.91 Å². The zero-order chi connectivity index (χ0) is 20.1. The van der Waals surface area contributed by atoms with E-state index in [0.29, 0.717) is 17.7 Å². The Labute approximate surface area is 161 Å². The number of carboxylic acids is 1. The van der Waals surface area contributed by atoms with Gasteiger partial charge in [0.2, 0.25) is 11.8 Å². The molecule has 2 fully saturated rings. The molecular formula is C19H21N3O6. The second-order valence-corrected chi connectivity index (χ2v) is 7.59. The zero-order valence-electron chi connectivity index (χ0n) is 15.4. The van der Waals surface area contributed by atoms with E-state index in [1.54, 1.807) is 36.1 Å². The maximum Gasteiger partial charge on any atom is 0.331 e. The Balaban J connectivity index is 1.64. The summed E-state index contributed by atoms with van der Waals surface area (Å²) >= 11 is 0. The monoisotopic (exact) mass is 387 g/mol. The predicted molar refractivity (Wildman–Crippen MR) is 96.5 cm³/mol. The first-order valence-electron chi connectivity index (χ1n) is 9.15. The van der Waals surface area contributed by atoms with Crippen LogP contribution in [0.3, 0.4) is 0 Å². The van der Waals surface area contributed by atoms with Crippen molar-refractivity contribution < 1.29 is 29.0 Å². The second-order valence-electron chi connectivity index (χ2n) is 7.59. The second kappa shape index (κ2) is 6.30. The number of para-hydroxylation sites is 1. The molecule has 0 aliphatic carbocycles. The molecule has 3 heterocycles. The molecule has 0 radical (unpaired) electrons. The molecule has 0 bridgehead atoms. The summed E-state index contributed by atoms with van der Waals surface area (Å²) in [6.07, 6.45) is 0.822. The quantitative estimate of drug-likeness (QED) is 0.770. The number of hydrogen-bond acceptors (Lipinski definition) is 5. The van der Waals surface area contributed by atoms with E-state index in [-0.39, 0.29) is 44.4 Å². The smallest absolute Gasteiger partial charge is 0.331 e. The number of hydrogen-bond donors (Lipinski definition) is 2. The van der Waals surface area contributed by atoms with Crippen molar-refractivity contribution >= 4 is 29.4 Å². The Kier molecular flexibility index (Phi) is 4.15. The summed E-state index contributed by atoms with van der Waals surface area (Å²) in [6.45, 7) is 1.53. The number of rotatable bonds is 4. The van der Waals surface area contributed by atoms with Crippen LogP contribution in [0.15, 0.2) is 24.3 Å². The van der Waals surface area contributed by atoms with Crippen molar-refractivity contribution in [3.05, 3.63) is 29.8 Å². The Morgan fingerprint density at radius 3 is 2.68 bits per heavy atom. The summed E-state index contributed by atoms with van der Waals surface area (Å²) in [6, 6.07) is 6.81. The Morgan fingerprint density at radius 1 is 1.25 bits per heavy atom. The van der Waals surface area contributed by atoms with Crippen LogP contribution in [-0.2, 0) is 19.1 Å². The average molecular weight is 387 g/mol. The highest BCUT2D eigenvalue weighted by molar-refractivity contribution is 6.11. The third-order valence-electron chi connectivity index (χ3n) is 5.86. The van der Waals surface area contributed by atoms with Gasteiger partial charge < -0.3 is 20.1 Å². The van der Waals surface area contributed by atoms with E-state index in [4.69, 9.17) is 4.74 Å². The molecule has 3 aliphatic rings. The molecule has 9 nitrogen and oxygen atoms in total. The van der Waals surface area contributed by atoms with E-state index in [9.17, 15) is 24.3 Å². The minimum absolute atomic E-state index is 0.112. The molecule has 28 heavy (non-hydrogen) atoms. The Hall–Kier alpha value is -2.94. The number of fused-ring (bicyclic) bond motifs is 3. The normalized spacial score (nSPS) is 28.9. The Morgan fingerprint density at radius 2 is 2.00 bits per heavy atom. The lowest BCUT2D eigenvalue weighted by Gasteiger charge is -2.48. The molecule has 1 aromatic carbocycles. The van der Waals surface area contributed by atoms with Gasteiger partial charge in [-0.3, -0.25) is 19.3 Å². The van der Waals surface area contributed by atoms with Crippen LogP contribution in [0, 0.1) is 0 Å². The van der Waals surface area contributed by atoms with Gasteiger partial charge in [-0.05, 0) is 25.5 Å². The van der Waals surface area contributed by atoms with Crippen molar-refractivity contribution in [3.63, 3.8) is 0 Å². The summed E-state index contributed by atoms with van der Waals surface area (Å²) in [5.41, 5.74) is -1.57. The number of benzene rings is 1. The molecule has 3 amide bonds. The van der Waals surface area contributed by atoms with E-state index < -0.39 is 23.1 Å². The summed E-state index contributed by atoms with van der Waals surface area (Å²) < 4.78 is 5.15. The molecule has 1 aromatic rings. The van der Waals surface area contributed by atoms with Gasteiger partial charge in [-0.25, -0.2) is 4.79 Å². The van der Waals surface area contributed by atoms with Crippen LogP contribution in [0.25, 0.3) is 0 Å². The number of nitrogens with zero attached hydrogens (tertiary/aromatic N) is 2. The molecule has 2 saturated heterocycles. The number of carbonyl (C=O) groups is 4. The molecule has 2 atom stereocenters. The SMILES string of the molecule is CC12CCC(=O)N1c1ccccc1C(=O)N2CC(=O)NC1(C(=O)O)CCOC1. The minimum Gasteiger partial charge on any atom is -0.479 e. The van der Waals surface area contributed by atoms with Crippen molar-refractivity contribution in [1.82, 2.24) is 10.2 Å². The fraction of sp³-hybridized carbons (Fsp3) is 0.474. The molecule has 4 rings (SSSR count). The van der Waals surface area contributed by atoms with Crippen LogP contribution in [-0.4, -0.2) is 64.7 Å². The first-order valence-corrected chi connectivity index (χ1v) is 9.15. The average Bonchev–Trinajstić information content (AvgIpc) is 3.25. The topological polar surface area (TPSA) is 116 Å². The predicted octanol–water partition coefficient (Wildman–Crippen LogP) is 0.345. The minimum atomic E-state index is -1.49. The van der Waals surface area contributed by atoms with Gasteiger partial charge in [0, 0.05) is 19.4 Å². The third-order valence-corrected chi connectivity index (χ3v) is 5.86. The van der Waals surface area contributed by atoms with Crippen LogP contribution in [0.2, 0.25) is 0 Å². The molecule has 3 aliphatic heterocycles. The van der Waals surface area contributed by atoms with Crippen molar-refractivity contribution in [2.24, 2.45) is 0 Å². The van der Waals surface area contributed by atoms with Gasteiger partial charge >= 0.3 is 5.97 Å². The number of anilines is 1. The van der Waals surface area contributed by atoms with Crippen LogP contribution in [0.4, 0.5) is 5.69 Å². The third kappa shape index (κ3) is 2.57. The van der Waals surface area contributed by atoms with Gasteiger partial charge in [0.05, 0.1) is 17.9 Å². The summed E-state index contributed by atoms with van der Waals surface area (Å²) in [7, 11) is 0. The standard InChI is InChI=1S/C19H21N3O6/c1-18-7-6-15(24)22(18)13-5-3-2-4-12(13)16(25)21(18)10-14(23)20-19(17(26)27)8-9-28-11-19/h2-5H,6-11H2,1H3,(H,20,23)(H,26,27). The van der Waals surface area contributed by atoms with Crippen molar-refractivity contribution in [3.8, 4) is 0 Å². The molecule has 0 saturated carbocycles. The molecule has 0 aromatic heterocycles. The van der Waals surface area contributed by atoms with E-state index in [0.717, 1.165) is 0 Å².